The van der Waals surface area contributed by atoms with Crippen molar-refractivity contribution >= 4 is 11.6 Å². The van der Waals surface area contributed by atoms with Gasteiger partial charge in [-0.3, -0.25) is 10.0 Å². The second-order valence-corrected chi connectivity index (χ2v) is 3.80. The number of carbonyl (C=O) groups excluding carboxylic acids is 1. The molecular weight excluding hydrogens is 220 g/mol. The molecule has 1 aromatic heterocycles. The Hall–Kier alpha value is -2.27. The SMILES string of the molecule is O=C1c2ccccc2N[C@H](c2ccoc2)N1O. The number of nitrogens with one attached hydrogen (secondary N) is 1. The Balaban J connectivity index is 2.05. The number of furan rings is 1. The molecular formula is C12H10N2O3. The highest BCUT2D eigenvalue weighted by Crippen LogP contribution is 2.31. The van der Waals surface area contributed by atoms with Crippen LogP contribution in [0.2, 0.25) is 0 Å². The number of rotatable bonds is 1. The van der Waals surface area contributed by atoms with E-state index in [0.29, 0.717) is 21.9 Å². The largest absolute Gasteiger partial charge is 0.472 e. The second kappa shape index (κ2) is 3.64. The first-order chi connectivity index (χ1) is 8.27. The van der Waals surface area contributed by atoms with Gasteiger partial charge in [-0.15, -0.1) is 0 Å². The quantitative estimate of drug-likeness (QED) is 0.737. The standard InChI is InChI=1S/C12H10N2O3/c15-12-9-3-1-2-4-10(9)13-11(14(12)16)8-5-6-17-7-8/h1-7,11,13,16H/t11-/m0/s1. The first-order valence-electron chi connectivity index (χ1n) is 5.17. The van der Waals surface area contributed by atoms with Crippen LogP contribution in [-0.2, 0) is 0 Å². The van der Waals surface area contributed by atoms with Crippen molar-refractivity contribution in [2.24, 2.45) is 0 Å². The van der Waals surface area contributed by atoms with Gasteiger partial charge in [-0.05, 0) is 18.2 Å². The highest BCUT2D eigenvalue weighted by Gasteiger charge is 2.32. The molecule has 0 unspecified atom stereocenters. The fourth-order valence-electron chi connectivity index (χ4n) is 1.90. The van der Waals surface area contributed by atoms with Crippen LogP contribution >= 0.6 is 0 Å². The molecule has 1 amide bonds. The predicted octanol–water partition coefficient (Wildman–Crippen LogP) is 2.24. The third-order valence-corrected chi connectivity index (χ3v) is 2.76. The van der Waals surface area contributed by atoms with Crippen molar-refractivity contribution in [1.82, 2.24) is 5.06 Å². The third-order valence-electron chi connectivity index (χ3n) is 2.76. The predicted molar refractivity (Wildman–Crippen MR) is 59.5 cm³/mol. The first kappa shape index (κ1) is 9.92. The van der Waals surface area contributed by atoms with Crippen molar-refractivity contribution in [3.8, 4) is 0 Å². The third kappa shape index (κ3) is 1.48. The highest BCUT2D eigenvalue weighted by molar-refractivity contribution is 6.00. The molecule has 0 saturated carbocycles. The van der Waals surface area contributed by atoms with Gasteiger partial charge in [-0.1, -0.05) is 12.1 Å². The van der Waals surface area contributed by atoms with Crippen molar-refractivity contribution in [2.45, 2.75) is 6.17 Å². The zero-order chi connectivity index (χ0) is 11.8. The lowest BCUT2D eigenvalue weighted by atomic mass is 10.1. The molecule has 2 aromatic rings. The molecule has 2 heterocycles. The number of anilines is 1. The summed E-state index contributed by atoms with van der Waals surface area (Å²) in [6.45, 7) is 0. The number of nitrogens with zero attached hydrogens (tertiary/aromatic N) is 1. The van der Waals surface area contributed by atoms with Crippen LogP contribution in [0.1, 0.15) is 22.1 Å². The Morgan fingerprint density at radius 3 is 2.88 bits per heavy atom. The summed E-state index contributed by atoms with van der Waals surface area (Å²) >= 11 is 0. The van der Waals surface area contributed by atoms with E-state index in [0.717, 1.165) is 0 Å². The van der Waals surface area contributed by atoms with E-state index in [2.05, 4.69) is 5.32 Å². The number of carbonyl (C=O) groups is 1. The smallest absolute Gasteiger partial charge is 0.281 e. The van der Waals surface area contributed by atoms with Crippen LogP contribution in [0.25, 0.3) is 0 Å². The molecule has 0 fully saturated rings. The van der Waals surface area contributed by atoms with Gasteiger partial charge >= 0.3 is 0 Å². The van der Waals surface area contributed by atoms with E-state index in [4.69, 9.17) is 4.42 Å². The fourth-order valence-corrected chi connectivity index (χ4v) is 1.90. The number of hydrogen-bond acceptors (Lipinski definition) is 4. The molecule has 1 aromatic carbocycles. The van der Waals surface area contributed by atoms with Gasteiger partial charge in [0.05, 0.1) is 18.1 Å². The average molecular weight is 230 g/mol. The van der Waals surface area contributed by atoms with Crippen LogP contribution in [-0.4, -0.2) is 16.2 Å². The lowest BCUT2D eigenvalue weighted by Gasteiger charge is -2.32. The summed E-state index contributed by atoms with van der Waals surface area (Å²) in [5, 5.41) is 13.6. The second-order valence-electron chi connectivity index (χ2n) is 3.80. The molecule has 0 radical (unpaired) electrons. The fraction of sp³-hybridized carbons (Fsp3) is 0.0833. The first-order valence-corrected chi connectivity index (χ1v) is 5.17. The van der Waals surface area contributed by atoms with Gasteiger partial charge in [-0.2, -0.15) is 5.06 Å². The van der Waals surface area contributed by atoms with E-state index in [1.807, 2.05) is 6.07 Å². The molecule has 0 spiro atoms. The van der Waals surface area contributed by atoms with E-state index in [9.17, 15) is 10.0 Å². The summed E-state index contributed by atoms with van der Waals surface area (Å²) in [4.78, 5) is 11.9. The number of benzene rings is 1. The van der Waals surface area contributed by atoms with Gasteiger partial charge < -0.3 is 9.73 Å². The summed E-state index contributed by atoms with van der Waals surface area (Å²) in [5.74, 6) is -0.425. The van der Waals surface area contributed by atoms with Crippen LogP contribution in [0.3, 0.4) is 0 Å². The molecule has 0 saturated heterocycles. The van der Waals surface area contributed by atoms with Crippen LogP contribution in [0.4, 0.5) is 5.69 Å². The lowest BCUT2D eigenvalue weighted by Crippen LogP contribution is -2.40. The number of hydrogen-bond donors (Lipinski definition) is 2. The maximum Gasteiger partial charge on any atom is 0.281 e. The molecule has 0 aliphatic carbocycles. The monoisotopic (exact) mass is 230 g/mol. The number of fused-ring (bicyclic) bond motifs is 1. The van der Waals surface area contributed by atoms with E-state index in [1.54, 1.807) is 24.3 Å². The van der Waals surface area contributed by atoms with Crippen LogP contribution < -0.4 is 5.32 Å². The Morgan fingerprint density at radius 2 is 2.12 bits per heavy atom. The lowest BCUT2D eigenvalue weighted by molar-refractivity contribution is -0.0852. The Labute approximate surface area is 97.2 Å². The summed E-state index contributed by atoms with van der Waals surface area (Å²) in [6.07, 6.45) is 2.37. The van der Waals surface area contributed by atoms with Gasteiger partial charge in [0.25, 0.3) is 5.91 Å². The van der Waals surface area contributed by atoms with Crippen molar-refractivity contribution in [3.05, 3.63) is 54.0 Å². The molecule has 86 valence electrons. The Morgan fingerprint density at radius 1 is 1.29 bits per heavy atom. The Bertz CT molecular complexity index is 551. The van der Waals surface area contributed by atoms with Gasteiger partial charge in [-0.25, -0.2) is 0 Å². The van der Waals surface area contributed by atoms with E-state index >= 15 is 0 Å². The minimum absolute atomic E-state index is 0.425. The molecule has 0 bridgehead atoms. The molecule has 5 nitrogen and oxygen atoms in total. The normalized spacial score (nSPS) is 18.8. The minimum atomic E-state index is -0.615. The summed E-state index contributed by atoms with van der Waals surface area (Å²) in [7, 11) is 0. The minimum Gasteiger partial charge on any atom is -0.472 e. The highest BCUT2D eigenvalue weighted by atomic mass is 16.5. The van der Waals surface area contributed by atoms with E-state index < -0.39 is 12.1 Å². The summed E-state index contributed by atoms with van der Waals surface area (Å²) in [5.41, 5.74) is 1.85. The van der Waals surface area contributed by atoms with Gasteiger partial charge in [0.2, 0.25) is 0 Å². The topological polar surface area (TPSA) is 65.7 Å². The van der Waals surface area contributed by atoms with Crippen LogP contribution in [0.5, 0.6) is 0 Å². The van der Waals surface area contributed by atoms with Crippen molar-refractivity contribution < 1.29 is 14.4 Å². The van der Waals surface area contributed by atoms with Gasteiger partial charge in [0, 0.05) is 11.3 Å². The van der Waals surface area contributed by atoms with Crippen LogP contribution in [0, 0.1) is 0 Å². The zero-order valence-electron chi connectivity index (χ0n) is 8.83. The maximum absolute atomic E-state index is 11.9. The van der Waals surface area contributed by atoms with Gasteiger partial charge in [0.15, 0.2) is 6.17 Å². The Kier molecular flexibility index (Phi) is 2.12. The number of para-hydroxylation sites is 1. The average Bonchev–Trinajstić information content (AvgIpc) is 2.87. The van der Waals surface area contributed by atoms with E-state index in [-0.39, 0.29) is 0 Å². The van der Waals surface area contributed by atoms with Crippen molar-refractivity contribution in [1.29, 1.82) is 0 Å². The van der Waals surface area contributed by atoms with Crippen molar-refractivity contribution in [2.75, 3.05) is 5.32 Å². The van der Waals surface area contributed by atoms with Crippen LogP contribution in [0.15, 0.2) is 47.3 Å². The van der Waals surface area contributed by atoms with E-state index in [1.165, 1.54) is 12.5 Å². The molecule has 1 aliphatic heterocycles. The summed E-state index contributed by atoms with van der Waals surface area (Å²) in [6, 6.07) is 8.75. The molecule has 17 heavy (non-hydrogen) atoms. The molecule has 3 rings (SSSR count). The number of amides is 1. The maximum atomic E-state index is 11.9. The number of hydroxylamine groups is 2. The molecule has 1 atom stereocenters. The molecule has 5 heteroatoms. The van der Waals surface area contributed by atoms with Crippen molar-refractivity contribution in [3.63, 3.8) is 0 Å². The van der Waals surface area contributed by atoms with Gasteiger partial charge in [0.1, 0.15) is 0 Å². The molecule has 2 N–H and O–H groups in total. The zero-order valence-corrected chi connectivity index (χ0v) is 8.83. The molecule has 1 aliphatic rings. The summed E-state index contributed by atoms with van der Waals surface area (Å²) < 4.78 is 4.95.